The van der Waals surface area contributed by atoms with Crippen LogP contribution in [0, 0.1) is 0 Å². The van der Waals surface area contributed by atoms with Crippen molar-refractivity contribution in [2.75, 3.05) is 32.5 Å². The first-order valence-corrected chi connectivity index (χ1v) is 10.1. The van der Waals surface area contributed by atoms with E-state index in [9.17, 15) is 22.8 Å². The Morgan fingerprint density at radius 1 is 1.26 bits per heavy atom. The molecule has 1 heterocycles. The Balaban J connectivity index is 2.18. The molecule has 0 unspecified atom stereocenters. The Kier molecular flexibility index (Phi) is 7.46. The molecule has 2 N–H and O–H groups in total. The Bertz CT molecular complexity index is 821. The van der Waals surface area contributed by atoms with Gasteiger partial charge in [0.05, 0.1) is 17.7 Å². The van der Waals surface area contributed by atoms with Crippen LogP contribution in [0.2, 0.25) is 0 Å². The van der Waals surface area contributed by atoms with Gasteiger partial charge in [0.15, 0.2) is 0 Å². The molecule has 1 aliphatic heterocycles. The highest BCUT2D eigenvalue weighted by Gasteiger charge is 2.37. The number of carbonyl (C=O) groups excluding carboxylic acids is 2. The fourth-order valence-electron chi connectivity index (χ4n) is 3.44. The molecule has 2 rings (SSSR count). The van der Waals surface area contributed by atoms with Crippen LogP contribution in [-0.2, 0) is 22.2 Å². The maximum Gasteiger partial charge on any atom is 0.416 e. The summed E-state index contributed by atoms with van der Waals surface area (Å²) in [5.41, 5.74) is 3.90. The summed E-state index contributed by atoms with van der Waals surface area (Å²) >= 11 is 0. The van der Waals surface area contributed by atoms with Gasteiger partial charge in [0.25, 0.3) is 0 Å². The maximum atomic E-state index is 13.7. The number of likely N-dealkylation sites (N-methyl/N-ethyl adjacent to an activating group) is 1. The van der Waals surface area contributed by atoms with Crippen molar-refractivity contribution < 1.29 is 32.2 Å². The summed E-state index contributed by atoms with van der Waals surface area (Å²) in [4.78, 5) is 27.5. The predicted octanol–water partition coefficient (Wildman–Crippen LogP) is 3.91. The van der Waals surface area contributed by atoms with Gasteiger partial charge in [0, 0.05) is 38.4 Å². The third-order valence-corrected chi connectivity index (χ3v) is 4.95. The van der Waals surface area contributed by atoms with Crippen LogP contribution in [-0.4, -0.2) is 60.2 Å². The second kappa shape index (κ2) is 9.33. The van der Waals surface area contributed by atoms with E-state index < -0.39 is 29.4 Å². The number of ether oxygens (including phenoxy) is 2. The van der Waals surface area contributed by atoms with Gasteiger partial charge >= 0.3 is 18.2 Å². The molecule has 31 heavy (non-hydrogen) atoms. The number of nitrogen functional groups attached to an aromatic ring is 1. The van der Waals surface area contributed by atoms with Crippen molar-refractivity contribution in [1.82, 2.24) is 9.80 Å². The number of alkyl halides is 3. The van der Waals surface area contributed by atoms with E-state index >= 15 is 0 Å². The number of rotatable bonds is 5. The lowest BCUT2D eigenvalue weighted by molar-refractivity contribution is -0.138. The first-order chi connectivity index (χ1) is 14.2. The number of anilines is 1. The third kappa shape index (κ3) is 6.49. The number of amides is 1. The Morgan fingerprint density at radius 2 is 1.90 bits per heavy atom. The number of nitrogens with zero attached hydrogens (tertiary/aromatic N) is 2. The molecule has 7 nitrogen and oxygen atoms in total. The Labute approximate surface area is 180 Å². The van der Waals surface area contributed by atoms with Crippen molar-refractivity contribution in [3.8, 4) is 0 Å². The van der Waals surface area contributed by atoms with Crippen LogP contribution in [0.15, 0.2) is 12.1 Å². The third-order valence-electron chi connectivity index (χ3n) is 4.95. The summed E-state index contributed by atoms with van der Waals surface area (Å²) in [6, 6.07) is 1.75. The molecule has 1 amide bonds. The predicted molar refractivity (Wildman–Crippen MR) is 109 cm³/mol. The molecule has 1 aromatic rings. The van der Waals surface area contributed by atoms with Gasteiger partial charge in [0.1, 0.15) is 5.60 Å². The molecular formula is C21H30F3N3O4. The van der Waals surface area contributed by atoms with Crippen LogP contribution in [0.25, 0.3) is 0 Å². The van der Waals surface area contributed by atoms with Crippen molar-refractivity contribution in [3.63, 3.8) is 0 Å². The molecule has 1 saturated heterocycles. The van der Waals surface area contributed by atoms with E-state index in [1.54, 1.807) is 34.7 Å². The summed E-state index contributed by atoms with van der Waals surface area (Å²) in [5.74, 6) is -0.891. The van der Waals surface area contributed by atoms with Gasteiger partial charge in [0.2, 0.25) is 0 Å². The van der Waals surface area contributed by atoms with E-state index in [-0.39, 0.29) is 36.0 Å². The first kappa shape index (κ1) is 24.8. The van der Waals surface area contributed by atoms with Gasteiger partial charge in [-0.3, -0.25) is 4.90 Å². The summed E-state index contributed by atoms with van der Waals surface area (Å²) in [6.45, 7) is 7.78. The standard InChI is InChI=1S/C21H30F3N3O4/c1-6-30-18(28)15-10-16(21(22,23)24)13(9-17(15)25)11-27-8-7-14(12-27)26(5)19(29)31-20(2,3)4/h9-10,14H,6-8,11-12,25H2,1-5H3/t14-/m1/s1. The van der Waals surface area contributed by atoms with Gasteiger partial charge < -0.3 is 20.1 Å². The second-order valence-corrected chi connectivity index (χ2v) is 8.58. The smallest absolute Gasteiger partial charge is 0.416 e. The SMILES string of the molecule is CCOC(=O)c1cc(C(F)(F)F)c(CN2CC[C@@H](N(C)C(=O)OC(C)(C)C)C2)cc1N. The molecule has 174 valence electrons. The van der Waals surface area contributed by atoms with Gasteiger partial charge in [-0.15, -0.1) is 0 Å². The van der Waals surface area contributed by atoms with Crippen LogP contribution in [0.1, 0.15) is 55.6 Å². The summed E-state index contributed by atoms with van der Waals surface area (Å²) < 4.78 is 51.2. The van der Waals surface area contributed by atoms with Crippen LogP contribution in [0.5, 0.6) is 0 Å². The van der Waals surface area contributed by atoms with Crippen LogP contribution in [0.3, 0.4) is 0 Å². The van der Waals surface area contributed by atoms with Gasteiger partial charge in [-0.25, -0.2) is 9.59 Å². The van der Waals surface area contributed by atoms with E-state index in [0.29, 0.717) is 19.5 Å². The number of esters is 1. The zero-order chi connectivity index (χ0) is 23.6. The Morgan fingerprint density at radius 3 is 2.45 bits per heavy atom. The molecular weight excluding hydrogens is 415 g/mol. The minimum atomic E-state index is -4.66. The molecule has 1 atom stereocenters. The number of carbonyl (C=O) groups is 2. The summed E-state index contributed by atoms with van der Waals surface area (Å²) in [5, 5.41) is 0. The molecule has 0 bridgehead atoms. The van der Waals surface area contributed by atoms with Crippen LogP contribution in [0.4, 0.5) is 23.7 Å². The summed E-state index contributed by atoms with van der Waals surface area (Å²) in [6.07, 6.45) is -4.53. The largest absolute Gasteiger partial charge is 0.462 e. The average molecular weight is 445 g/mol. The number of benzene rings is 1. The molecule has 0 radical (unpaired) electrons. The zero-order valence-corrected chi connectivity index (χ0v) is 18.5. The van der Waals surface area contributed by atoms with E-state index in [1.165, 1.54) is 11.0 Å². The Hall–Kier alpha value is -2.49. The van der Waals surface area contributed by atoms with Crippen LogP contribution >= 0.6 is 0 Å². The minimum Gasteiger partial charge on any atom is -0.462 e. The van der Waals surface area contributed by atoms with E-state index in [4.69, 9.17) is 15.2 Å². The normalized spacial score (nSPS) is 17.5. The zero-order valence-electron chi connectivity index (χ0n) is 18.5. The lowest BCUT2D eigenvalue weighted by Gasteiger charge is -2.28. The molecule has 1 fully saturated rings. The number of nitrogens with two attached hydrogens (primary N) is 1. The fourth-order valence-corrected chi connectivity index (χ4v) is 3.44. The van der Waals surface area contributed by atoms with E-state index in [0.717, 1.165) is 6.07 Å². The molecule has 10 heteroatoms. The van der Waals surface area contributed by atoms with E-state index in [1.807, 2.05) is 4.90 Å². The number of hydrogen-bond donors (Lipinski definition) is 1. The highest BCUT2D eigenvalue weighted by Crippen LogP contribution is 2.36. The van der Waals surface area contributed by atoms with Gasteiger partial charge in [-0.05, 0) is 51.8 Å². The van der Waals surface area contributed by atoms with Gasteiger partial charge in [-0.2, -0.15) is 13.2 Å². The minimum absolute atomic E-state index is 0.0131. The lowest BCUT2D eigenvalue weighted by atomic mass is 10.0. The number of halogens is 3. The quantitative estimate of drug-likeness (QED) is 0.547. The highest BCUT2D eigenvalue weighted by molar-refractivity contribution is 5.95. The molecule has 1 aromatic carbocycles. The molecule has 0 aromatic heterocycles. The van der Waals surface area contributed by atoms with E-state index in [2.05, 4.69) is 0 Å². The summed E-state index contributed by atoms with van der Waals surface area (Å²) in [7, 11) is 1.62. The topological polar surface area (TPSA) is 85.1 Å². The monoisotopic (exact) mass is 445 g/mol. The molecule has 0 aliphatic carbocycles. The fraction of sp³-hybridized carbons (Fsp3) is 0.619. The number of likely N-dealkylation sites (tertiary alicyclic amines) is 1. The molecule has 0 saturated carbocycles. The second-order valence-electron chi connectivity index (χ2n) is 8.58. The van der Waals surface area contributed by atoms with Crippen molar-refractivity contribution >= 4 is 17.7 Å². The molecule has 1 aliphatic rings. The van der Waals surface area contributed by atoms with Crippen molar-refractivity contribution in [3.05, 3.63) is 28.8 Å². The van der Waals surface area contributed by atoms with Gasteiger partial charge in [-0.1, -0.05) is 0 Å². The highest BCUT2D eigenvalue weighted by atomic mass is 19.4. The first-order valence-electron chi connectivity index (χ1n) is 10.1. The lowest BCUT2D eigenvalue weighted by Crippen LogP contribution is -2.42. The van der Waals surface area contributed by atoms with Crippen molar-refractivity contribution in [2.45, 2.75) is 58.5 Å². The maximum absolute atomic E-state index is 13.7. The van der Waals surface area contributed by atoms with Crippen molar-refractivity contribution in [2.24, 2.45) is 0 Å². The molecule has 0 spiro atoms. The number of hydrogen-bond acceptors (Lipinski definition) is 6. The van der Waals surface area contributed by atoms with Crippen molar-refractivity contribution in [1.29, 1.82) is 0 Å². The average Bonchev–Trinajstić information content (AvgIpc) is 3.07. The van der Waals surface area contributed by atoms with Crippen LogP contribution < -0.4 is 5.73 Å².